The van der Waals surface area contributed by atoms with E-state index in [0.717, 1.165) is 36.5 Å². The molecule has 2 fully saturated rings. The monoisotopic (exact) mass is 351 g/mol. The molecule has 5 heteroatoms. The van der Waals surface area contributed by atoms with Gasteiger partial charge in [-0.1, -0.05) is 19.8 Å². The van der Waals surface area contributed by atoms with Gasteiger partial charge < -0.3 is 15.5 Å². The molecule has 0 bridgehead atoms. The van der Waals surface area contributed by atoms with Crippen LogP contribution in [0.1, 0.15) is 45.4 Å². The largest absolute Gasteiger partial charge is 0.372 e. The molecule has 1 saturated heterocycles. The Hall–Kier alpha value is -2.30. The summed E-state index contributed by atoms with van der Waals surface area (Å²) in [5.41, 5.74) is 2.37. The Morgan fingerprint density at radius 1 is 0.962 bits per heavy atom. The van der Waals surface area contributed by atoms with Gasteiger partial charge >= 0.3 is 0 Å². The minimum absolute atomic E-state index is 0.525. The molecule has 0 unspecified atom stereocenters. The normalized spacial score (nSPS) is 18.9. The van der Waals surface area contributed by atoms with Crippen LogP contribution in [-0.4, -0.2) is 29.1 Å². The third kappa shape index (κ3) is 4.26. The van der Waals surface area contributed by atoms with Crippen molar-refractivity contribution in [3.05, 3.63) is 36.5 Å². The quantitative estimate of drug-likeness (QED) is 0.809. The molecule has 0 spiro atoms. The summed E-state index contributed by atoms with van der Waals surface area (Å²) >= 11 is 0. The van der Waals surface area contributed by atoms with Crippen LogP contribution in [0.5, 0.6) is 0 Å². The highest BCUT2D eigenvalue weighted by Crippen LogP contribution is 2.25. The second-order valence-electron chi connectivity index (χ2n) is 7.73. The van der Waals surface area contributed by atoms with E-state index < -0.39 is 0 Å². The van der Waals surface area contributed by atoms with E-state index in [1.807, 2.05) is 12.3 Å². The van der Waals surface area contributed by atoms with Crippen molar-refractivity contribution in [1.29, 1.82) is 0 Å². The van der Waals surface area contributed by atoms with Crippen LogP contribution >= 0.6 is 0 Å². The zero-order valence-corrected chi connectivity index (χ0v) is 15.6. The van der Waals surface area contributed by atoms with Crippen LogP contribution < -0.4 is 15.5 Å². The number of benzene rings is 1. The zero-order valence-electron chi connectivity index (χ0n) is 15.6. The molecule has 1 aliphatic heterocycles. The maximum Gasteiger partial charge on any atom is 0.224 e. The lowest BCUT2D eigenvalue weighted by Crippen LogP contribution is -2.32. The van der Waals surface area contributed by atoms with Crippen molar-refractivity contribution < 1.29 is 0 Å². The van der Waals surface area contributed by atoms with Gasteiger partial charge in [-0.2, -0.15) is 4.98 Å². The van der Waals surface area contributed by atoms with E-state index in [0.29, 0.717) is 6.04 Å². The van der Waals surface area contributed by atoms with Gasteiger partial charge in [0.05, 0.1) is 0 Å². The third-order valence-electron chi connectivity index (χ3n) is 5.63. The molecule has 1 saturated carbocycles. The number of nitrogens with one attached hydrogen (secondary N) is 2. The Morgan fingerprint density at radius 2 is 1.69 bits per heavy atom. The van der Waals surface area contributed by atoms with Crippen LogP contribution in [0.25, 0.3) is 0 Å². The van der Waals surface area contributed by atoms with Crippen LogP contribution in [-0.2, 0) is 0 Å². The van der Waals surface area contributed by atoms with Gasteiger partial charge in [-0.15, -0.1) is 0 Å². The lowest BCUT2D eigenvalue weighted by molar-refractivity contribution is 0.438. The van der Waals surface area contributed by atoms with Crippen molar-refractivity contribution in [3.8, 4) is 0 Å². The highest BCUT2D eigenvalue weighted by Gasteiger charge is 2.16. The van der Waals surface area contributed by atoms with Gasteiger partial charge in [0.2, 0.25) is 5.95 Å². The first-order valence-electron chi connectivity index (χ1n) is 9.98. The molecule has 1 aromatic heterocycles. The lowest BCUT2D eigenvalue weighted by atomic mass is 9.99. The molecule has 0 amide bonds. The average Bonchev–Trinajstić information content (AvgIpc) is 3.16. The first-order valence-corrected chi connectivity index (χ1v) is 9.98. The Balaban J connectivity index is 1.37. The SMILES string of the molecule is CC1CCN(c2ccc(Nc3ccnc(NC4CCCC4)n3)cc2)CC1. The van der Waals surface area contributed by atoms with Gasteiger partial charge in [0.1, 0.15) is 5.82 Å². The van der Waals surface area contributed by atoms with Gasteiger partial charge in [0.25, 0.3) is 0 Å². The number of hydrogen-bond donors (Lipinski definition) is 2. The molecule has 1 aliphatic carbocycles. The standard InChI is InChI=1S/C21H29N5/c1-16-11-14-26(15-12-16)19-8-6-18(7-9-19)23-20-10-13-22-21(25-20)24-17-4-2-3-5-17/h6-10,13,16-17H,2-5,11-12,14-15H2,1H3,(H2,22,23,24,25). The topological polar surface area (TPSA) is 53.1 Å². The summed E-state index contributed by atoms with van der Waals surface area (Å²) in [6, 6.07) is 11.1. The Bertz CT molecular complexity index is 701. The van der Waals surface area contributed by atoms with Crippen LogP contribution in [0, 0.1) is 5.92 Å². The van der Waals surface area contributed by atoms with Crippen LogP contribution in [0.3, 0.4) is 0 Å². The van der Waals surface area contributed by atoms with Crippen LogP contribution in [0.15, 0.2) is 36.5 Å². The summed E-state index contributed by atoms with van der Waals surface area (Å²) in [4.78, 5) is 11.4. The lowest BCUT2D eigenvalue weighted by Gasteiger charge is -2.32. The van der Waals surface area contributed by atoms with E-state index in [4.69, 9.17) is 0 Å². The summed E-state index contributed by atoms with van der Waals surface area (Å²) in [5.74, 6) is 2.41. The summed E-state index contributed by atoms with van der Waals surface area (Å²) in [5, 5.41) is 6.85. The van der Waals surface area contributed by atoms with Gasteiger partial charge in [0.15, 0.2) is 0 Å². The molecule has 2 aliphatic rings. The first kappa shape index (κ1) is 17.1. The number of piperidine rings is 1. The number of rotatable bonds is 5. The van der Waals surface area contributed by atoms with E-state index in [-0.39, 0.29) is 0 Å². The molecular weight excluding hydrogens is 322 g/mol. The van der Waals surface area contributed by atoms with Crippen LogP contribution in [0.4, 0.5) is 23.1 Å². The van der Waals surface area contributed by atoms with Gasteiger partial charge in [-0.3, -0.25) is 0 Å². The Labute approximate surface area is 156 Å². The molecule has 0 atom stereocenters. The second kappa shape index (κ2) is 7.94. The minimum Gasteiger partial charge on any atom is -0.372 e. The van der Waals surface area contributed by atoms with Crippen molar-refractivity contribution in [2.24, 2.45) is 5.92 Å². The van der Waals surface area contributed by atoms with Crippen molar-refractivity contribution in [2.75, 3.05) is 28.6 Å². The molecule has 2 aromatic rings. The minimum atomic E-state index is 0.525. The fraction of sp³-hybridized carbons (Fsp3) is 0.524. The van der Waals surface area contributed by atoms with E-state index in [1.165, 1.54) is 44.2 Å². The molecule has 26 heavy (non-hydrogen) atoms. The summed E-state index contributed by atoms with van der Waals surface area (Å²) in [7, 11) is 0. The number of hydrogen-bond acceptors (Lipinski definition) is 5. The fourth-order valence-corrected chi connectivity index (χ4v) is 3.92. The van der Waals surface area contributed by atoms with Crippen molar-refractivity contribution >= 4 is 23.1 Å². The molecule has 4 rings (SSSR count). The van der Waals surface area contributed by atoms with Gasteiger partial charge in [0, 0.05) is 36.7 Å². The van der Waals surface area contributed by atoms with Crippen molar-refractivity contribution in [2.45, 2.75) is 51.5 Å². The number of aromatic nitrogens is 2. The fourth-order valence-electron chi connectivity index (χ4n) is 3.92. The molecular formula is C21H29N5. The maximum absolute atomic E-state index is 4.61. The smallest absolute Gasteiger partial charge is 0.224 e. The average molecular weight is 351 g/mol. The Kier molecular flexibility index (Phi) is 5.23. The molecule has 2 N–H and O–H groups in total. The molecule has 138 valence electrons. The van der Waals surface area contributed by atoms with Gasteiger partial charge in [-0.25, -0.2) is 4.98 Å². The van der Waals surface area contributed by atoms with E-state index in [2.05, 4.69) is 56.7 Å². The number of anilines is 4. The van der Waals surface area contributed by atoms with Crippen molar-refractivity contribution in [1.82, 2.24) is 9.97 Å². The predicted octanol–water partition coefficient (Wildman–Crippen LogP) is 4.81. The first-order chi connectivity index (χ1) is 12.8. The van der Waals surface area contributed by atoms with E-state index in [1.54, 1.807) is 0 Å². The maximum atomic E-state index is 4.61. The highest BCUT2D eigenvalue weighted by atomic mass is 15.2. The molecule has 1 aromatic carbocycles. The van der Waals surface area contributed by atoms with E-state index >= 15 is 0 Å². The van der Waals surface area contributed by atoms with E-state index in [9.17, 15) is 0 Å². The van der Waals surface area contributed by atoms with Crippen LogP contribution in [0.2, 0.25) is 0 Å². The third-order valence-corrected chi connectivity index (χ3v) is 5.63. The Morgan fingerprint density at radius 3 is 2.42 bits per heavy atom. The highest BCUT2D eigenvalue weighted by molar-refractivity contribution is 5.61. The summed E-state index contributed by atoms with van der Waals surface area (Å²) in [6.45, 7) is 4.67. The van der Waals surface area contributed by atoms with Gasteiger partial charge in [-0.05, 0) is 61.9 Å². The molecule has 2 heterocycles. The predicted molar refractivity (Wildman–Crippen MR) is 108 cm³/mol. The summed E-state index contributed by atoms with van der Waals surface area (Å²) in [6.07, 6.45) is 9.44. The zero-order chi connectivity index (χ0) is 17.8. The molecule has 0 radical (unpaired) electrons. The second-order valence-corrected chi connectivity index (χ2v) is 7.73. The molecule has 5 nitrogen and oxygen atoms in total. The van der Waals surface area contributed by atoms with Crippen molar-refractivity contribution in [3.63, 3.8) is 0 Å². The number of nitrogens with zero attached hydrogens (tertiary/aromatic N) is 3. The summed E-state index contributed by atoms with van der Waals surface area (Å²) < 4.78 is 0.